The van der Waals surface area contributed by atoms with E-state index in [2.05, 4.69) is 0 Å². The van der Waals surface area contributed by atoms with Gasteiger partial charge in [0.1, 0.15) is 0 Å². The molecule has 8 heteroatoms. The number of nitrogens with two attached hydrogens (primary N) is 2. The van der Waals surface area contributed by atoms with Crippen LogP contribution in [0.25, 0.3) is 0 Å². The third kappa shape index (κ3) is 12.1. The van der Waals surface area contributed by atoms with Gasteiger partial charge in [-0.2, -0.15) is 0 Å². The molecule has 8 N–H and O–H groups in total. The fourth-order valence-electron chi connectivity index (χ4n) is 3.33. The monoisotopic (exact) mass is 378 g/mol. The Hall–Kier alpha value is -0.320. The summed E-state index contributed by atoms with van der Waals surface area (Å²) in [4.78, 5) is 3.99. The van der Waals surface area contributed by atoms with Crippen molar-refractivity contribution < 1.29 is 20.4 Å². The molecular weight excluding hydrogens is 336 g/mol. The van der Waals surface area contributed by atoms with Crippen LogP contribution < -0.4 is 11.5 Å². The van der Waals surface area contributed by atoms with Crippen LogP contribution in [0.15, 0.2) is 0 Å². The van der Waals surface area contributed by atoms with Gasteiger partial charge in [0.05, 0.1) is 24.4 Å². The van der Waals surface area contributed by atoms with E-state index in [0.717, 1.165) is 12.8 Å². The van der Waals surface area contributed by atoms with Crippen molar-refractivity contribution in [1.82, 2.24) is 9.80 Å². The van der Waals surface area contributed by atoms with Crippen LogP contribution in [0.2, 0.25) is 0 Å². The highest BCUT2D eigenvalue weighted by Crippen LogP contribution is 2.13. The van der Waals surface area contributed by atoms with Gasteiger partial charge >= 0.3 is 0 Å². The van der Waals surface area contributed by atoms with Crippen molar-refractivity contribution in [2.45, 2.75) is 77.0 Å². The zero-order valence-electron chi connectivity index (χ0n) is 17.0. The third-order valence-corrected chi connectivity index (χ3v) is 4.19. The van der Waals surface area contributed by atoms with E-state index >= 15 is 0 Å². The SMILES string of the molecule is CC(O)CN(CC(C)O)CC(C(N)CCCN)N(CC(C)O)CC(C)O. The fraction of sp³-hybridized carbons (Fsp3) is 1.00. The second-order valence-electron chi connectivity index (χ2n) is 7.73. The zero-order valence-corrected chi connectivity index (χ0v) is 17.0. The first-order valence-corrected chi connectivity index (χ1v) is 9.71. The maximum atomic E-state index is 9.89. The summed E-state index contributed by atoms with van der Waals surface area (Å²) < 4.78 is 0. The highest BCUT2D eigenvalue weighted by atomic mass is 16.3. The van der Waals surface area contributed by atoms with Crippen LogP contribution in [-0.4, -0.2) is 106 Å². The Labute approximate surface area is 158 Å². The number of nitrogens with zero attached hydrogens (tertiary/aromatic N) is 2. The van der Waals surface area contributed by atoms with Crippen LogP contribution in [0.1, 0.15) is 40.5 Å². The summed E-state index contributed by atoms with van der Waals surface area (Å²) in [6.07, 6.45) is -0.649. The first-order valence-electron chi connectivity index (χ1n) is 9.71. The Kier molecular flexibility index (Phi) is 13.6. The first kappa shape index (κ1) is 25.7. The van der Waals surface area contributed by atoms with E-state index in [-0.39, 0.29) is 12.1 Å². The van der Waals surface area contributed by atoms with Gasteiger partial charge in [-0.25, -0.2) is 0 Å². The molecule has 0 amide bonds. The summed E-state index contributed by atoms with van der Waals surface area (Å²) >= 11 is 0. The van der Waals surface area contributed by atoms with E-state index in [1.54, 1.807) is 27.7 Å². The van der Waals surface area contributed by atoms with Gasteiger partial charge in [-0.1, -0.05) is 0 Å². The molecule has 0 spiro atoms. The smallest absolute Gasteiger partial charge is 0.0639 e. The molecule has 26 heavy (non-hydrogen) atoms. The summed E-state index contributed by atoms with van der Waals surface area (Å²) in [7, 11) is 0. The second kappa shape index (κ2) is 13.8. The maximum Gasteiger partial charge on any atom is 0.0639 e. The van der Waals surface area contributed by atoms with Gasteiger partial charge in [-0.15, -0.1) is 0 Å². The van der Waals surface area contributed by atoms with Crippen molar-refractivity contribution in [3.05, 3.63) is 0 Å². The molecule has 0 fully saturated rings. The lowest BCUT2D eigenvalue weighted by Crippen LogP contribution is -2.57. The van der Waals surface area contributed by atoms with E-state index < -0.39 is 24.4 Å². The van der Waals surface area contributed by atoms with Gasteiger partial charge in [0.2, 0.25) is 0 Å². The number of hydrogen-bond donors (Lipinski definition) is 6. The van der Waals surface area contributed by atoms with Crippen molar-refractivity contribution in [1.29, 1.82) is 0 Å². The zero-order chi connectivity index (χ0) is 20.3. The molecule has 0 aromatic carbocycles. The Morgan fingerprint density at radius 1 is 0.731 bits per heavy atom. The molecule has 158 valence electrons. The van der Waals surface area contributed by atoms with Crippen molar-refractivity contribution in [3.63, 3.8) is 0 Å². The molecule has 8 nitrogen and oxygen atoms in total. The van der Waals surface area contributed by atoms with Crippen molar-refractivity contribution in [3.8, 4) is 0 Å². The van der Waals surface area contributed by atoms with Crippen molar-refractivity contribution in [2.75, 3.05) is 39.3 Å². The topological polar surface area (TPSA) is 139 Å². The Balaban J connectivity index is 5.40. The molecule has 0 aromatic heterocycles. The minimum absolute atomic E-state index is 0.136. The number of rotatable bonds is 15. The Morgan fingerprint density at radius 3 is 1.50 bits per heavy atom. The van der Waals surface area contributed by atoms with Crippen LogP contribution in [-0.2, 0) is 0 Å². The van der Waals surface area contributed by atoms with E-state index in [4.69, 9.17) is 11.5 Å². The average Bonchev–Trinajstić information content (AvgIpc) is 2.47. The van der Waals surface area contributed by atoms with Gasteiger partial charge < -0.3 is 31.9 Å². The van der Waals surface area contributed by atoms with Crippen LogP contribution in [0.5, 0.6) is 0 Å². The van der Waals surface area contributed by atoms with Gasteiger partial charge in [0, 0.05) is 44.8 Å². The highest BCUT2D eigenvalue weighted by molar-refractivity contribution is 4.87. The number of hydrogen-bond acceptors (Lipinski definition) is 8. The molecule has 6 unspecified atom stereocenters. The lowest BCUT2D eigenvalue weighted by molar-refractivity contribution is 0.0177. The minimum atomic E-state index is -0.556. The molecule has 0 rings (SSSR count). The standard InChI is InChI=1S/C18H42N4O4/c1-13(23)8-21(9-14(2)24)12-18(17(20)6-5-7-19)22(10-15(3)25)11-16(4)26/h13-18,23-26H,5-12,19-20H2,1-4H3. The molecule has 6 atom stereocenters. The fourth-order valence-corrected chi connectivity index (χ4v) is 3.33. The van der Waals surface area contributed by atoms with Crippen LogP contribution in [0.3, 0.4) is 0 Å². The second-order valence-corrected chi connectivity index (χ2v) is 7.73. The lowest BCUT2D eigenvalue weighted by Gasteiger charge is -2.40. The van der Waals surface area contributed by atoms with Gasteiger partial charge in [-0.3, -0.25) is 9.80 Å². The largest absolute Gasteiger partial charge is 0.392 e. The van der Waals surface area contributed by atoms with Crippen molar-refractivity contribution >= 4 is 0 Å². The number of aliphatic hydroxyl groups excluding tert-OH is 4. The molecule has 0 aliphatic heterocycles. The molecule has 0 radical (unpaired) electrons. The average molecular weight is 379 g/mol. The normalized spacial score (nSPS) is 19.4. The summed E-state index contributed by atoms with van der Waals surface area (Å²) in [6, 6.07) is -0.329. The molecule has 0 aliphatic carbocycles. The predicted molar refractivity (Wildman–Crippen MR) is 105 cm³/mol. The molecule has 0 aromatic rings. The van der Waals surface area contributed by atoms with E-state index in [9.17, 15) is 20.4 Å². The quantitative estimate of drug-likeness (QED) is 0.203. The summed E-state index contributed by atoms with van der Waals surface area (Å²) in [5.74, 6) is 0. The summed E-state index contributed by atoms with van der Waals surface area (Å²) in [6.45, 7) is 9.54. The van der Waals surface area contributed by atoms with E-state index in [0.29, 0.717) is 39.3 Å². The molecule has 0 bridgehead atoms. The van der Waals surface area contributed by atoms with Crippen molar-refractivity contribution in [2.24, 2.45) is 11.5 Å². The molecular formula is C18H42N4O4. The van der Waals surface area contributed by atoms with Crippen LogP contribution in [0, 0.1) is 0 Å². The van der Waals surface area contributed by atoms with E-state index in [1.165, 1.54) is 0 Å². The van der Waals surface area contributed by atoms with Crippen LogP contribution in [0.4, 0.5) is 0 Å². The van der Waals surface area contributed by atoms with Gasteiger partial charge in [0.25, 0.3) is 0 Å². The lowest BCUT2D eigenvalue weighted by atomic mass is 10.00. The highest BCUT2D eigenvalue weighted by Gasteiger charge is 2.29. The predicted octanol–water partition coefficient (Wildman–Crippen LogP) is -1.45. The maximum absolute atomic E-state index is 9.89. The first-order chi connectivity index (χ1) is 12.1. The summed E-state index contributed by atoms with van der Waals surface area (Å²) in [5, 5.41) is 39.4. The van der Waals surface area contributed by atoms with E-state index in [1.807, 2.05) is 9.80 Å². The minimum Gasteiger partial charge on any atom is -0.392 e. The molecule has 0 saturated heterocycles. The van der Waals surface area contributed by atoms with Crippen LogP contribution >= 0.6 is 0 Å². The molecule has 0 aliphatic rings. The summed E-state index contributed by atoms with van der Waals surface area (Å²) in [5.41, 5.74) is 12.1. The Morgan fingerprint density at radius 2 is 1.15 bits per heavy atom. The Bertz CT molecular complexity index is 323. The van der Waals surface area contributed by atoms with Gasteiger partial charge in [-0.05, 0) is 47.1 Å². The van der Waals surface area contributed by atoms with Gasteiger partial charge in [0.15, 0.2) is 0 Å². The molecule has 0 heterocycles. The molecule has 0 saturated carbocycles. The third-order valence-electron chi connectivity index (χ3n) is 4.19. The number of aliphatic hydroxyl groups is 4.